The highest BCUT2D eigenvalue weighted by atomic mass is 16.4. The maximum Gasteiger partial charge on any atom is 0.309 e. The summed E-state index contributed by atoms with van der Waals surface area (Å²) in [5.74, 6) is -0.768. The number of aliphatic carboxylic acids is 2. The van der Waals surface area contributed by atoms with Gasteiger partial charge in [-0.3, -0.25) is 9.59 Å². The van der Waals surface area contributed by atoms with Crippen LogP contribution in [-0.2, 0) is 9.59 Å². The Kier molecular flexibility index (Phi) is 5.46. The number of fused-ring (bicyclic) bond motifs is 1. The van der Waals surface area contributed by atoms with Crippen molar-refractivity contribution in [2.24, 2.45) is 28.6 Å². The van der Waals surface area contributed by atoms with Crippen molar-refractivity contribution < 1.29 is 19.8 Å². The lowest BCUT2D eigenvalue weighted by Gasteiger charge is -2.57. The van der Waals surface area contributed by atoms with Gasteiger partial charge in [0.1, 0.15) is 0 Å². The van der Waals surface area contributed by atoms with E-state index in [-0.39, 0.29) is 23.7 Å². The molecule has 0 radical (unpaired) electrons. The second-order valence-corrected chi connectivity index (χ2v) is 8.66. The van der Waals surface area contributed by atoms with E-state index in [1.807, 2.05) is 13.8 Å². The van der Waals surface area contributed by atoms with Crippen molar-refractivity contribution in [2.45, 2.75) is 72.1 Å². The minimum absolute atomic E-state index is 0.0241. The molecule has 0 aliphatic heterocycles. The molecule has 24 heavy (non-hydrogen) atoms. The van der Waals surface area contributed by atoms with Gasteiger partial charge in [0.05, 0.1) is 5.41 Å². The predicted molar refractivity (Wildman–Crippen MR) is 93.7 cm³/mol. The normalized spacial score (nSPS) is 37.5. The first-order chi connectivity index (χ1) is 11.1. The number of carboxylic acids is 2. The van der Waals surface area contributed by atoms with Gasteiger partial charge in [0, 0.05) is 6.42 Å². The molecule has 0 bridgehead atoms. The van der Waals surface area contributed by atoms with Gasteiger partial charge in [-0.25, -0.2) is 0 Å². The summed E-state index contributed by atoms with van der Waals surface area (Å²) >= 11 is 0. The maximum absolute atomic E-state index is 12.0. The Hall–Kier alpha value is -1.32. The molecule has 2 fully saturated rings. The lowest BCUT2D eigenvalue weighted by Crippen LogP contribution is -2.53. The number of carbonyl (C=O) groups is 2. The van der Waals surface area contributed by atoms with E-state index in [1.54, 1.807) is 0 Å². The van der Waals surface area contributed by atoms with Crippen LogP contribution < -0.4 is 0 Å². The molecule has 2 saturated carbocycles. The van der Waals surface area contributed by atoms with Gasteiger partial charge in [0.25, 0.3) is 0 Å². The molecule has 4 heteroatoms. The fraction of sp³-hybridized carbons (Fsp3) is 0.800. The fourth-order valence-corrected chi connectivity index (χ4v) is 5.59. The van der Waals surface area contributed by atoms with Gasteiger partial charge in [-0.1, -0.05) is 32.4 Å². The van der Waals surface area contributed by atoms with E-state index in [0.717, 1.165) is 44.9 Å². The fourth-order valence-electron chi connectivity index (χ4n) is 5.59. The molecule has 136 valence electrons. The first-order valence-corrected chi connectivity index (χ1v) is 9.24. The largest absolute Gasteiger partial charge is 0.481 e. The summed E-state index contributed by atoms with van der Waals surface area (Å²) in [6.07, 6.45) is 6.57. The topological polar surface area (TPSA) is 74.6 Å². The lowest BCUT2D eigenvalue weighted by molar-refractivity contribution is -0.164. The highest BCUT2D eigenvalue weighted by molar-refractivity contribution is 5.75. The Morgan fingerprint density at radius 3 is 2.54 bits per heavy atom. The first kappa shape index (κ1) is 19.0. The minimum atomic E-state index is -0.745. The molecule has 0 aromatic rings. The molecular formula is C20H32O4. The molecule has 0 amide bonds. The molecule has 2 N–H and O–H groups in total. The molecule has 0 spiro atoms. The maximum atomic E-state index is 12.0. The van der Waals surface area contributed by atoms with Crippen LogP contribution in [0.25, 0.3) is 0 Å². The third kappa shape index (κ3) is 3.38. The summed E-state index contributed by atoms with van der Waals surface area (Å²) in [6, 6.07) is 0. The zero-order valence-electron chi connectivity index (χ0n) is 15.3. The van der Waals surface area contributed by atoms with Crippen LogP contribution >= 0.6 is 0 Å². The van der Waals surface area contributed by atoms with Crippen molar-refractivity contribution >= 4 is 11.9 Å². The van der Waals surface area contributed by atoms with Crippen LogP contribution in [-0.4, -0.2) is 22.2 Å². The van der Waals surface area contributed by atoms with E-state index in [1.165, 1.54) is 5.57 Å². The second kappa shape index (κ2) is 6.89. The number of carboxylic acid groups (broad SMARTS) is 2. The van der Waals surface area contributed by atoms with Crippen LogP contribution in [0.2, 0.25) is 0 Å². The van der Waals surface area contributed by atoms with Gasteiger partial charge in [-0.05, 0) is 68.6 Å². The van der Waals surface area contributed by atoms with Gasteiger partial charge in [-0.2, -0.15) is 0 Å². The molecule has 4 nitrogen and oxygen atoms in total. The summed E-state index contributed by atoms with van der Waals surface area (Å²) in [7, 11) is 0. The van der Waals surface area contributed by atoms with E-state index in [2.05, 4.69) is 13.5 Å². The van der Waals surface area contributed by atoms with Crippen molar-refractivity contribution in [3.8, 4) is 0 Å². The molecule has 2 aliphatic carbocycles. The number of hydrogen-bond acceptors (Lipinski definition) is 2. The number of allylic oxidation sites excluding steroid dienone is 1. The van der Waals surface area contributed by atoms with Gasteiger partial charge < -0.3 is 10.2 Å². The van der Waals surface area contributed by atoms with E-state index in [4.69, 9.17) is 5.11 Å². The van der Waals surface area contributed by atoms with Gasteiger partial charge >= 0.3 is 11.9 Å². The van der Waals surface area contributed by atoms with E-state index < -0.39 is 17.4 Å². The molecule has 5 atom stereocenters. The summed E-state index contributed by atoms with van der Waals surface area (Å²) < 4.78 is 0. The third-order valence-corrected chi connectivity index (χ3v) is 6.98. The van der Waals surface area contributed by atoms with Crippen molar-refractivity contribution in [1.29, 1.82) is 0 Å². The monoisotopic (exact) mass is 336 g/mol. The van der Waals surface area contributed by atoms with Crippen LogP contribution in [0.3, 0.4) is 0 Å². The third-order valence-electron chi connectivity index (χ3n) is 6.98. The summed E-state index contributed by atoms with van der Waals surface area (Å²) in [6.45, 7) is 10.5. The molecule has 0 saturated heterocycles. The Bertz CT molecular complexity index is 526. The van der Waals surface area contributed by atoms with Crippen LogP contribution in [0.15, 0.2) is 12.2 Å². The standard InChI is InChI=1S/C20H32O4/c1-13(12-17(21)22)6-8-15-14(2)7-9-16-19(15,3)10-5-11-20(16,4)18(23)24/h13,15-16H,2,5-12H2,1,3-4H3,(H,21,22)(H,23,24)/t13-,15+,16-,19-,20-/m0/s1. The Labute approximate surface area is 145 Å². The highest BCUT2D eigenvalue weighted by Gasteiger charge is 2.57. The van der Waals surface area contributed by atoms with Crippen LogP contribution in [0.4, 0.5) is 0 Å². The van der Waals surface area contributed by atoms with Crippen molar-refractivity contribution in [3.05, 3.63) is 12.2 Å². The SMILES string of the molecule is C=C1CC[C@H]2[C@@](C)(CCC[C@]2(C)C(=O)O)[C@@H]1CC[C@H](C)CC(=O)O. The van der Waals surface area contributed by atoms with E-state index >= 15 is 0 Å². The molecule has 2 aliphatic rings. The average molecular weight is 336 g/mol. The Morgan fingerprint density at radius 2 is 1.96 bits per heavy atom. The molecule has 0 unspecified atom stereocenters. The summed E-state index contributed by atoms with van der Waals surface area (Å²) in [5, 5.41) is 18.8. The average Bonchev–Trinajstić information content (AvgIpc) is 2.45. The highest BCUT2D eigenvalue weighted by Crippen LogP contribution is 2.62. The van der Waals surface area contributed by atoms with Crippen LogP contribution in [0.1, 0.15) is 72.1 Å². The number of hydrogen-bond donors (Lipinski definition) is 2. The first-order valence-electron chi connectivity index (χ1n) is 9.24. The zero-order chi connectivity index (χ0) is 18.1. The van der Waals surface area contributed by atoms with Crippen LogP contribution in [0.5, 0.6) is 0 Å². The predicted octanol–water partition coefficient (Wildman–Crippen LogP) is 4.74. The molecular weight excluding hydrogens is 304 g/mol. The summed E-state index contributed by atoms with van der Waals surface area (Å²) in [4.78, 5) is 22.9. The second-order valence-electron chi connectivity index (χ2n) is 8.66. The van der Waals surface area contributed by atoms with Gasteiger partial charge in [0.2, 0.25) is 0 Å². The molecule has 0 aromatic heterocycles. The van der Waals surface area contributed by atoms with Gasteiger partial charge in [0.15, 0.2) is 0 Å². The number of rotatable bonds is 6. The quantitative estimate of drug-likeness (QED) is 0.687. The van der Waals surface area contributed by atoms with Crippen molar-refractivity contribution in [1.82, 2.24) is 0 Å². The molecule has 0 aromatic carbocycles. The van der Waals surface area contributed by atoms with Gasteiger partial charge in [-0.15, -0.1) is 0 Å². The molecule has 0 heterocycles. The smallest absolute Gasteiger partial charge is 0.309 e. The van der Waals surface area contributed by atoms with Crippen LogP contribution in [0, 0.1) is 28.6 Å². The lowest BCUT2D eigenvalue weighted by atomic mass is 9.46. The molecule has 2 rings (SSSR count). The van der Waals surface area contributed by atoms with E-state index in [9.17, 15) is 14.7 Å². The Balaban J connectivity index is 2.19. The van der Waals surface area contributed by atoms with Crippen molar-refractivity contribution in [2.75, 3.05) is 0 Å². The van der Waals surface area contributed by atoms with Crippen molar-refractivity contribution in [3.63, 3.8) is 0 Å². The Morgan fingerprint density at radius 1 is 1.29 bits per heavy atom. The zero-order valence-corrected chi connectivity index (χ0v) is 15.3. The summed E-state index contributed by atoms with van der Waals surface area (Å²) in [5.41, 5.74) is 0.577. The van der Waals surface area contributed by atoms with E-state index in [0.29, 0.717) is 5.92 Å². The minimum Gasteiger partial charge on any atom is -0.481 e.